The first-order chi connectivity index (χ1) is 12.1. The van der Waals surface area contributed by atoms with Crippen LogP contribution in [0, 0.1) is 6.92 Å². The Morgan fingerprint density at radius 3 is 2.76 bits per heavy atom. The maximum absolute atomic E-state index is 12.8. The van der Waals surface area contributed by atoms with Crippen molar-refractivity contribution >= 4 is 34.7 Å². The smallest absolute Gasteiger partial charge is 0.271 e. The van der Waals surface area contributed by atoms with Crippen molar-refractivity contribution in [2.45, 2.75) is 13.6 Å². The highest BCUT2D eigenvalue weighted by Crippen LogP contribution is 2.16. The average Bonchev–Trinajstić information content (AvgIpc) is 2.91. The minimum atomic E-state index is -0.0134. The molecule has 4 nitrogen and oxygen atoms in total. The molecule has 0 atom stereocenters. The molecular weight excluding hydrogens is 354 g/mol. The van der Waals surface area contributed by atoms with Crippen LogP contribution in [0.15, 0.2) is 58.3 Å². The lowest BCUT2D eigenvalue weighted by Gasteiger charge is -2.25. The number of hydrogen-bond acceptors (Lipinski definition) is 4. The van der Waals surface area contributed by atoms with E-state index < -0.39 is 0 Å². The maximum atomic E-state index is 12.8. The van der Waals surface area contributed by atoms with Crippen molar-refractivity contribution in [3.8, 4) is 0 Å². The summed E-state index contributed by atoms with van der Waals surface area (Å²) in [5.41, 5.74) is 3.18. The Kier molecular flexibility index (Phi) is 4.19. The van der Waals surface area contributed by atoms with Gasteiger partial charge in [0.25, 0.3) is 5.56 Å². The van der Waals surface area contributed by atoms with E-state index in [0.717, 1.165) is 16.1 Å². The second-order valence-electron chi connectivity index (χ2n) is 6.00. The summed E-state index contributed by atoms with van der Waals surface area (Å²) in [5.74, 6) is 0. The van der Waals surface area contributed by atoms with Crippen LogP contribution in [0.4, 0.5) is 5.69 Å². The predicted molar refractivity (Wildman–Crippen MR) is 103 cm³/mol. The van der Waals surface area contributed by atoms with Gasteiger partial charge in [0.1, 0.15) is 13.3 Å². The summed E-state index contributed by atoms with van der Waals surface area (Å²) in [6, 6.07) is 15.7. The largest absolute Gasteiger partial charge is 0.334 e. The monoisotopic (exact) mass is 369 g/mol. The molecule has 4 rings (SSSR count). The number of halogens is 1. The normalized spacial score (nSPS) is 14.3. The zero-order valence-corrected chi connectivity index (χ0v) is 15.2. The van der Waals surface area contributed by atoms with Gasteiger partial charge < -0.3 is 4.90 Å². The maximum Gasteiger partial charge on any atom is 0.271 e. The molecular formula is C19H16ClN3OS. The molecule has 1 aliphatic heterocycles. The summed E-state index contributed by atoms with van der Waals surface area (Å²) >= 11 is 7.45. The van der Waals surface area contributed by atoms with Gasteiger partial charge >= 0.3 is 0 Å². The SMILES string of the molecule is Cc1ccc(N2CN=c3s/c(=C\c4cccc(Cl)c4)c(=O)n3C2)cc1. The third-order valence-electron chi connectivity index (χ3n) is 4.12. The van der Waals surface area contributed by atoms with Crippen LogP contribution in [0.3, 0.4) is 0 Å². The van der Waals surface area contributed by atoms with Gasteiger partial charge in [-0.05, 0) is 42.8 Å². The summed E-state index contributed by atoms with van der Waals surface area (Å²) in [4.78, 5) is 20.2. The molecule has 0 radical (unpaired) electrons. The first kappa shape index (κ1) is 16.1. The van der Waals surface area contributed by atoms with Crippen molar-refractivity contribution in [1.82, 2.24) is 4.57 Å². The Labute approximate surface area is 153 Å². The van der Waals surface area contributed by atoms with Gasteiger partial charge in [-0.25, -0.2) is 4.99 Å². The van der Waals surface area contributed by atoms with E-state index in [1.165, 1.54) is 16.9 Å². The lowest BCUT2D eigenvalue weighted by molar-refractivity contribution is 0.569. The summed E-state index contributed by atoms with van der Waals surface area (Å²) < 4.78 is 2.40. The molecule has 25 heavy (non-hydrogen) atoms. The predicted octanol–water partition coefficient (Wildman–Crippen LogP) is 2.76. The zero-order chi connectivity index (χ0) is 17.4. The molecule has 0 aliphatic carbocycles. The molecule has 0 saturated heterocycles. The van der Waals surface area contributed by atoms with Crippen LogP contribution in [-0.4, -0.2) is 11.2 Å². The van der Waals surface area contributed by atoms with E-state index in [0.29, 0.717) is 22.9 Å². The summed E-state index contributed by atoms with van der Waals surface area (Å²) in [7, 11) is 0. The summed E-state index contributed by atoms with van der Waals surface area (Å²) in [5, 5.41) is 0.658. The highest BCUT2D eigenvalue weighted by molar-refractivity contribution is 7.07. The van der Waals surface area contributed by atoms with Crippen molar-refractivity contribution in [3.63, 3.8) is 0 Å². The number of thiazole rings is 1. The topological polar surface area (TPSA) is 37.6 Å². The van der Waals surface area contributed by atoms with E-state index in [2.05, 4.69) is 41.1 Å². The molecule has 2 aromatic carbocycles. The minimum absolute atomic E-state index is 0.0134. The molecule has 3 aromatic rings. The van der Waals surface area contributed by atoms with E-state index in [1.807, 2.05) is 30.3 Å². The molecule has 0 bridgehead atoms. The van der Waals surface area contributed by atoms with Crippen LogP contribution in [-0.2, 0) is 6.67 Å². The Bertz CT molecular complexity index is 1100. The highest BCUT2D eigenvalue weighted by Gasteiger charge is 2.15. The number of rotatable bonds is 2. The summed E-state index contributed by atoms with van der Waals surface area (Å²) in [6.45, 7) is 3.13. The lowest BCUT2D eigenvalue weighted by Crippen LogP contribution is -2.42. The van der Waals surface area contributed by atoms with Gasteiger partial charge in [-0.1, -0.05) is 52.8 Å². The third-order valence-corrected chi connectivity index (χ3v) is 5.40. The van der Waals surface area contributed by atoms with Crippen molar-refractivity contribution in [1.29, 1.82) is 0 Å². The van der Waals surface area contributed by atoms with Crippen LogP contribution >= 0.6 is 22.9 Å². The Hall–Kier alpha value is -2.37. The number of aryl methyl sites for hydroxylation is 1. The van der Waals surface area contributed by atoms with Gasteiger partial charge in [0.15, 0.2) is 4.80 Å². The molecule has 0 saturated carbocycles. The number of hydrogen-bond donors (Lipinski definition) is 0. The number of benzene rings is 2. The summed E-state index contributed by atoms with van der Waals surface area (Å²) in [6.07, 6.45) is 1.87. The van der Waals surface area contributed by atoms with E-state index in [9.17, 15) is 4.79 Å². The van der Waals surface area contributed by atoms with Crippen molar-refractivity contribution in [2.24, 2.45) is 4.99 Å². The van der Waals surface area contributed by atoms with Gasteiger partial charge in [0.2, 0.25) is 0 Å². The van der Waals surface area contributed by atoms with Crippen molar-refractivity contribution in [2.75, 3.05) is 11.6 Å². The molecule has 6 heteroatoms. The fourth-order valence-electron chi connectivity index (χ4n) is 2.78. The highest BCUT2D eigenvalue weighted by atomic mass is 35.5. The van der Waals surface area contributed by atoms with E-state index in [-0.39, 0.29) is 5.56 Å². The standard InChI is InChI=1S/C19H16ClN3OS/c1-13-5-7-16(8-6-13)22-11-21-19-23(12-22)18(24)17(25-19)10-14-3-2-4-15(20)9-14/h2-10H,11-12H2,1H3/b17-10-. The number of nitrogens with zero attached hydrogens (tertiary/aromatic N) is 3. The van der Waals surface area contributed by atoms with Crippen LogP contribution < -0.4 is 19.8 Å². The van der Waals surface area contributed by atoms with Gasteiger partial charge in [-0.2, -0.15) is 0 Å². The quantitative estimate of drug-likeness (QED) is 0.696. The molecule has 0 spiro atoms. The second kappa shape index (κ2) is 6.50. The Morgan fingerprint density at radius 1 is 1.20 bits per heavy atom. The molecule has 0 N–H and O–H groups in total. The zero-order valence-electron chi connectivity index (χ0n) is 13.6. The van der Waals surface area contributed by atoms with Crippen molar-refractivity contribution in [3.05, 3.63) is 84.4 Å². The van der Waals surface area contributed by atoms with E-state index in [1.54, 1.807) is 4.57 Å². The van der Waals surface area contributed by atoms with Crippen LogP contribution in [0.2, 0.25) is 5.02 Å². The minimum Gasteiger partial charge on any atom is -0.334 e. The number of aromatic nitrogens is 1. The molecule has 1 aromatic heterocycles. The van der Waals surface area contributed by atoms with Crippen molar-refractivity contribution < 1.29 is 0 Å². The molecule has 126 valence electrons. The molecule has 0 unspecified atom stereocenters. The third kappa shape index (κ3) is 3.25. The second-order valence-corrected chi connectivity index (χ2v) is 7.44. The Balaban J connectivity index is 1.71. The fraction of sp³-hybridized carbons (Fsp3) is 0.158. The molecule has 0 fully saturated rings. The molecule has 2 heterocycles. The van der Waals surface area contributed by atoms with Crippen LogP contribution in [0.1, 0.15) is 11.1 Å². The van der Waals surface area contributed by atoms with Gasteiger partial charge in [-0.15, -0.1) is 0 Å². The van der Waals surface area contributed by atoms with Gasteiger partial charge in [0, 0.05) is 10.7 Å². The van der Waals surface area contributed by atoms with E-state index >= 15 is 0 Å². The lowest BCUT2D eigenvalue weighted by atomic mass is 10.2. The van der Waals surface area contributed by atoms with Crippen LogP contribution in [0.5, 0.6) is 0 Å². The van der Waals surface area contributed by atoms with E-state index in [4.69, 9.17) is 11.6 Å². The Morgan fingerprint density at radius 2 is 2.00 bits per heavy atom. The van der Waals surface area contributed by atoms with Gasteiger partial charge in [-0.3, -0.25) is 9.36 Å². The van der Waals surface area contributed by atoms with Gasteiger partial charge in [0.05, 0.1) is 4.53 Å². The number of anilines is 1. The first-order valence-electron chi connectivity index (χ1n) is 7.93. The van der Waals surface area contributed by atoms with Crippen LogP contribution in [0.25, 0.3) is 6.08 Å². The average molecular weight is 370 g/mol. The molecule has 0 amide bonds. The molecule has 1 aliphatic rings. The number of fused-ring (bicyclic) bond motifs is 1. The first-order valence-corrected chi connectivity index (χ1v) is 9.13. The fourth-order valence-corrected chi connectivity index (χ4v) is 3.94.